The van der Waals surface area contributed by atoms with E-state index in [1.54, 1.807) is 0 Å². The molecule has 1 aliphatic heterocycles. The van der Waals surface area contributed by atoms with Gasteiger partial charge in [-0.05, 0) is 78.6 Å². The molecule has 0 aliphatic carbocycles. The van der Waals surface area contributed by atoms with Crippen LogP contribution in [0.3, 0.4) is 0 Å². The molecule has 3 heteroatoms. The van der Waals surface area contributed by atoms with E-state index in [9.17, 15) is 5.11 Å². The number of aliphatic hydroxyl groups is 1. The first-order chi connectivity index (χ1) is 17.3. The molecule has 1 heterocycles. The standard InChI is InChI=1S/C33H41NO2/c1-33(2,3)27-20-18-25(19-21-27)31(35)16-9-10-22-34(4)23-11-15-29-28-13-6-5-12-26(28)24-36-32-17-8-7-14-30(29)32/h5-8,12-15,17-21,31,35H,9-11,16,22-24H2,1-4H3/b29-15-. The molecule has 1 atom stereocenters. The van der Waals surface area contributed by atoms with E-state index in [0.29, 0.717) is 6.61 Å². The third kappa shape index (κ3) is 6.66. The number of hydrogen-bond acceptors (Lipinski definition) is 3. The molecule has 0 bridgehead atoms. The van der Waals surface area contributed by atoms with Crippen LogP contribution in [-0.2, 0) is 12.0 Å². The highest BCUT2D eigenvalue weighted by Crippen LogP contribution is 2.36. The van der Waals surface area contributed by atoms with Crippen molar-refractivity contribution in [2.24, 2.45) is 0 Å². The third-order valence-corrected chi connectivity index (χ3v) is 7.16. The molecule has 190 valence electrons. The van der Waals surface area contributed by atoms with Gasteiger partial charge in [-0.1, -0.05) is 93.6 Å². The highest BCUT2D eigenvalue weighted by Gasteiger charge is 2.18. The molecular weight excluding hydrogens is 442 g/mol. The molecule has 0 saturated carbocycles. The minimum Gasteiger partial charge on any atom is -0.488 e. The molecule has 3 aromatic carbocycles. The van der Waals surface area contributed by atoms with Gasteiger partial charge in [0, 0.05) is 12.1 Å². The summed E-state index contributed by atoms with van der Waals surface area (Å²) >= 11 is 0. The van der Waals surface area contributed by atoms with Gasteiger partial charge < -0.3 is 14.7 Å². The predicted octanol–water partition coefficient (Wildman–Crippen LogP) is 7.53. The summed E-state index contributed by atoms with van der Waals surface area (Å²) < 4.78 is 6.10. The van der Waals surface area contributed by atoms with Crippen LogP contribution in [-0.4, -0.2) is 30.1 Å². The maximum atomic E-state index is 10.6. The van der Waals surface area contributed by atoms with Crippen LogP contribution in [0.5, 0.6) is 5.75 Å². The van der Waals surface area contributed by atoms with E-state index in [1.807, 2.05) is 6.07 Å². The van der Waals surface area contributed by atoms with Crippen molar-refractivity contribution in [3.05, 3.63) is 107 Å². The zero-order chi connectivity index (χ0) is 25.5. The summed E-state index contributed by atoms with van der Waals surface area (Å²) in [5.74, 6) is 0.958. The fraction of sp³-hybridized carbons (Fsp3) is 0.394. The Morgan fingerprint density at radius 2 is 1.58 bits per heavy atom. The smallest absolute Gasteiger partial charge is 0.127 e. The van der Waals surface area contributed by atoms with Gasteiger partial charge in [-0.3, -0.25) is 0 Å². The van der Waals surface area contributed by atoms with Crippen LogP contribution in [0.1, 0.15) is 80.4 Å². The molecule has 3 aromatic rings. The first-order valence-electron chi connectivity index (χ1n) is 13.3. The Labute approximate surface area is 217 Å². The lowest BCUT2D eigenvalue weighted by atomic mass is 9.86. The average molecular weight is 484 g/mol. The van der Waals surface area contributed by atoms with Gasteiger partial charge in [-0.25, -0.2) is 0 Å². The van der Waals surface area contributed by atoms with Crippen LogP contribution >= 0.6 is 0 Å². The van der Waals surface area contributed by atoms with Crippen LogP contribution in [0.2, 0.25) is 0 Å². The Kier molecular flexibility index (Phi) is 8.66. The number of unbranched alkanes of at least 4 members (excludes halogenated alkanes) is 1. The van der Waals surface area contributed by atoms with Gasteiger partial charge in [-0.15, -0.1) is 0 Å². The van der Waals surface area contributed by atoms with E-state index >= 15 is 0 Å². The highest BCUT2D eigenvalue weighted by molar-refractivity contribution is 5.84. The fourth-order valence-corrected chi connectivity index (χ4v) is 4.88. The first kappa shape index (κ1) is 26.2. The Balaban J connectivity index is 1.27. The normalized spacial score (nSPS) is 15.2. The zero-order valence-electron chi connectivity index (χ0n) is 22.3. The number of para-hydroxylation sites is 1. The summed E-state index contributed by atoms with van der Waals surface area (Å²) in [5.41, 5.74) is 7.42. The number of ether oxygens (including phenoxy) is 1. The minimum absolute atomic E-state index is 0.140. The lowest BCUT2D eigenvalue weighted by Crippen LogP contribution is -2.20. The summed E-state index contributed by atoms with van der Waals surface area (Å²) in [4.78, 5) is 2.40. The quantitative estimate of drug-likeness (QED) is 0.319. The van der Waals surface area contributed by atoms with Crippen molar-refractivity contribution in [1.29, 1.82) is 0 Å². The van der Waals surface area contributed by atoms with Crippen molar-refractivity contribution < 1.29 is 9.84 Å². The molecule has 0 saturated heterocycles. The van der Waals surface area contributed by atoms with E-state index in [4.69, 9.17) is 4.74 Å². The first-order valence-corrected chi connectivity index (χ1v) is 13.3. The van der Waals surface area contributed by atoms with Crippen molar-refractivity contribution in [2.45, 2.75) is 64.6 Å². The van der Waals surface area contributed by atoms with Gasteiger partial charge in [0.1, 0.15) is 12.4 Å². The van der Waals surface area contributed by atoms with Crippen molar-refractivity contribution in [2.75, 3.05) is 20.1 Å². The molecule has 1 aliphatic rings. The molecule has 36 heavy (non-hydrogen) atoms. The largest absolute Gasteiger partial charge is 0.488 e. The van der Waals surface area contributed by atoms with E-state index in [2.05, 4.69) is 106 Å². The second-order valence-corrected chi connectivity index (χ2v) is 11.0. The molecule has 1 unspecified atom stereocenters. The topological polar surface area (TPSA) is 32.7 Å². The van der Waals surface area contributed by atoms with E-state index in [1.165, 1.54) is 27.8 Å². The molecule has 0 radical (unpaired) electrons. The number of aliphatic hydroxyl groups excluding tert-OH is 1. The van der Waals surface area contributed by atoms with Crippen LogP contribution in [0.25, 0.3) is 5.57 Å². The maximum Gasteiger partial charge on any atom is 0.127 e. The number of fused-ring (bicyclic) bond motifs is 2. The zero-order valence-corrected chi connectivity index (χ0v) is 22.3. The summed E-state index contributed by atoms with van der Waals surface area (Å²) in [5, 5.41) is 10.6. The molecule has 0 spiro atoms. The molecule has 1 N–H and O–H groups in total. The number of hydrogen-bond donors (Lipinski definition) is 1. The molecule has 3 nitrogen and oxygen atoms in total. The van der Waals surface area contributed by atoms with Gasteiger partial charge in [-0.2, -0.15) is 0 Å². The van der Waals surface area contributed by atoms with Crippen molar-refractivity contribution >= 4 is 5.57 Å². The predicted molar refractivity (Wildman–Crippen MR) is 150 cm³/mol. The molecule has 4 rings (SSSR count). The number of rotatable bonds is 9. The summed E-state index contributed by atoms with van der Waals surface area (Å²) in [6.45, 7) is 9.30. The van der Waals surface area contributed by atoms with Gasteiger partial charge >= 0.3 is 0 Å². The lowest BCUT2D eigenvalue weighted by molar-refractivity contribution is 0.161. The van der Waals surface area contributed by atoms with Crippen LogP contribution in [0.4, 0.5) is 0 Å². The van der Waals surface area contributed by atoms with Gasteiger partial charge in [0.25, 0.3) is 0 Å². The molecular formula is C33H41NO2. The summed E-state index contributed by atoms with van der Waals surface area (Å²) in [6.07, 6.45) is 5.88. The third-order valence-electron chi connectivity index (χ3n) is 7.16. The van der Waals surface area contributed by atoms with E-state index < -0.39 is 0 Å². The summed E-state index contributed by atoms with van der Waals surface area (Å²) in [6, 6.07) is 25.4. The monoisotopic (exact) mass is 483 g/mol. The van der Waals surface area contributed by atoms with Gasteiger partial charge in [0.05, 0.1) is 6.10 Å². The van der Waals surface area contributed by atoms with Crippen LogP contribution < -0.4 is 4.74 Å². The number of benzene rings is 3. The van der Waals surface area contributed by atoms with Crippen LogP contribution in [0.15, 0.2) is 78.9 Å². The van der Waals surface area contributed by atoms with Crippen LogP contribution in [0, 0.1) is 0 Å². The van der Waals surface area contributed by atoms with E-state index in [0.717, 1.165) is 50.1 Å². The Hall–Kier alpha value is -2.88. The fourth-order valence-electron chi connectivity index (χ4n) is 4.88. The Morgan fingerprint density at radius 3 is 2.33 bits per heavy atom. The lowest BCUT2D eigenvalue weighted by Gasteiger charge is -2.20. The van der Waals surface area contributed by atoms with Gasteiger partial charge in [0.2, 0.25) is 0 Å². The highest BCUT2D eigenvalue weighted by atomic mass is 16.5. The SMILES string of the molecule is CN(CC/C=C1/c2ccccc2COc2ccccc21)CCCCC(O)c1ccc(C(C)(C)C)cc1. The second kappa shape index (κ2) is 11.9. The molecule has 0 aromatic heterocycles. The Morgan fingerprint density at radius 1 is 0.889 bits per heavy atom. The maximum absolute atomic E-state index is 10.6. The minimum atomic E-state index is -0.383. The van der Waals surface area contributed by atoms with E-state index in [-0.39, 0.29) is 11.5 Å². The van der Waals surface area contributed by atoms with Crippen molar-refractivity contribution in [3.8, 4) is 5.75 Å². The molecule has 0 fully saturated rings. The van der Waals surface area contributed by atoms with Crippen molar-refractivity contribution in [3.63, 3.8) is 0 Å². The summed E-state index contributed by atoms with van der Waals surface area (Å²) in [7, 11) is 2.19. The second-order valence-electron chi connectivity index (χ2n) is 11.0. The number of nitrogens with zero attached hydrogens (tertiary/aromatic N) is 1. The Bertz CT molecular complexity index is 1110. The molecule has 0 amide bonds. The average Bonchev–Trinajstić information content (AvgIpc) is 3.03. The van der Waals surface area contributed by atoms with Gasteiger partial charge in [0.15, 0.2) is 0 Å². The van der Waals surface area contributed by atoms with Crippen molar-refractivity contribution in [1.82, 2.24) is 4.90 Å².